The standard InChI is InChI=1S/C13H18O3S/c1-16-13(15)12(10-17-9-5-8-14)11-6-3-2-4-7-11/h2-4,6-7,12,14H,5,8-10H2,1H3. The molecule has 0 spiro atoms. The fourth-order valence-electron chi connectivity index (χ4n) is 1.50. The van der Waals surface area contributed by atoms with Crippen LogP contribution in [0.4, 0.5) is 0 Å². The molecule has 0 bridgehead atoms. The molecule has 94 valence electrons. The van der Waals surface area contributed by atoms with E-state index in [1.807, 2.05) is 30.3 Å². The lowest BCUT2D eigenvalue weighted by molar-refractivity contribution is -0.141. The molecule has 0 aliphatic heterocycles. The Morgan fingerprint density at radius 1 is 1.41 bits per heavy atom. The van der Waals surface area contributed by atoms with Gasteiger partial charge in [-0.05, 0) is 17.7 Å². The van der Waals surface area contributed by atoms with Gasteiger partial charge in [0, 0.05) is 12.4 Å². The fourth-order valence-corrected chi connectivity index (χ4v) is 2.56. The molecule has 1 N–H and O–H groups in total. The van der Waals surface area contributed by atoms with E-state index in [4.69, 9.17) is 9.84 Å². The van der Waals surface area contributed by atoms with E-state index in [2.05, 4.69) is 0 Å². The molecule has 3 nitrogen and oxygen atoms in total. The average molecular weight is 254 g/mol. The number of carbonyl (C=O) groups is 1. The molecule has 0 aromatic heterocycles. The van der Waals surface area contributed by atoms with Crippen LogP contribution in [0.25, 0.3) is 0 Å². The lowest BCUT2D eigenvalue weighted by Gasteiger charge is -2.14. The Labute approximate surface area is 106 Å². The Kier molecular flexibility index (Phi) is 6.74. The minimum atomic E-state index is -0.218. The zero-order valence-electron chi connectivity index (χ0n) is 9.96. The second kappa shape index (κ2) is 8.14. The maximum Gasteiger partial charge on any atom is 0.313 e. The first-order valence-corrected chi connectivity index (χ1v) is 6.76. The summed E-state index contributed by atoms with van der Waals surface area (Å²) < 4.78 is 4.82. The Hall–Kier alpha value is -1.00. The summed E-state index contributed by atoms with van der Waals surface area (Å²) in [6.45, 7) is 0.196. The summed E-state index contributed by atoms with van der Waals surface area (Å²) in [4.78, 5) is 11.7. The SMILES string of the molecule is COC(=O)C(CSCCCO)c1ccccc1. The molecule has 4 heteroatoms. The van der Waals surface area contributed by atoms with Gasteiger partial charge in [0.25, 0.3) is 0 Å². The summed E-state index contributed by atoms with van der Waals surface area (Å²) in [5, 5.41) is 8.70. The molecule has 0 amide bonds. The van der Waals surface area contributed by atoms with Crippen molar-refractivity contribution in [2.75, 3.05) is 25.2 Å². The maximum absolute atomic E-state index is 11.7. The number of benzene rings is 1. The molecule has 1 atom stereocenters. The second-order valence-corrected chi connectivity index (χ2v) is 4.79. The quantitative estimate of drug-likeness (QED) is 0.597. The number of carbonyl (C=O) groups excluding carboxylic acids is 1. The third-order valence-electron chi connectivity index (χ3n) is 2.42. The van der Waals surface area contributed by atoms with Crippen molar-refractivity contribution in [1.29, 1.82) is 0 Å². The smallest absolute Gasteiger partial charge is 0.313 e. The van der Waals surface area contributed by atoms with Gasteiger partial charge in [0.15, 0.2) is 0 Å². The van der Waals surface area contributed by atoms with Crippen LogP contribution in [0.15, 0.2) is 30.3 Å². The molecule has 1 rings (SSSR count). The summed E-state index contributed by atoms with van der Waals surface area (Å²) in [5.41, 5.74) is 0.982. The van der Waals surface area contributed by atoms with E-state index >= 15 is 0 Å². The zero-order chi connectivity index (χ0) is 12.5. The molecular formula is C13H18O3S. The summed E-state index contributed by atoms with van der Waals surface area (Å²) in [6, 6.07) is 9.65. The van der Waals surface area contributed by atoms with Gasteiger partial charge in [-0.3, -0.25) is 4.79 Å². The molecule has 0 radical (unpaired) electrons. The van der Waals surface area contributed by atoms with E-state index in [9.17, 15) is 4.79 Å². The van der Waals surface area contributed by atoms with E-state index in [0.717, 1.165) is 17.7 Å². The van der Waals surface area contributed by atoms with Crippen molar-refractivity contribution in [1.82, 2.24) is 0 Å². The molecule has 0 heterocycles. The minimum absolute atomic E-state index is 0.196. The van der Waals surface area contributed by atoms with Crippen molar-refractivity contribution in [3.05, 3.63) is 35.9 Å². The predicted molar refractivity (Wildman–Crippen MR) is 70.2 cm³/mol. The Morgan fingerprint density at radius 2 is 2.12 bits per heavy atom. The van der Waals surface area contributed by atoms with Crippen LogP contribution in [-0.4, -0.2) is 36.3 Å². The van der Waals surface area contributed by atoms with Gasteiger partial charge in [0.2, 0.25) is 0 Å². The van der Waals surface area contributed by atoms with Crippen molar-refractivity contribution in [2.24, 2.45) is 0 Å². The van der Waals surface area contributed by atoms with Crippen LogP contribution in [0.2, 0.25) is 0 Å². The van der Waals surface area contributed by atoms with Gasteiger partial charge in [-0.2, -0.15) is 11.8 Å². The van der Waals surface area contributed by atoms with Crippen LogP contribution in [0, 0.1) is 0 Å². The minimum Gasteiger partial charge on any atom is -0.469 e. The average Bonchev–Trinajstić information content (AvgIpc) is 2.39. The Balaban J connectivity index is 2.59. The topological polar surface area (TPSA) is 46.5 Å². The fraction of sp³-hybridized carbons (Fsp3) is 0.462. The van der Waals surface area contributed by atoms with Crippen LogP contribution < -0.4 is 0 Å². The summed E-state index contributed by atoms with van der Waals surface area (Å²) in [7, 11) is 1.41. The molecule has 0 aliphatic carbocycles. The molecule has 0 saturated carbocycles. The first kappa shape index (κ1) is 14.1. The van der Waals surface area contributed by atoms with E-state index < -0.39 is 0 Å². The van der Waals surface area contributed by atoms with Gasteiger partial charge >= 0.3 is 5.97 Å². The van der Waals surface area contributed by atoms with Crippen molar-refractivity contribution in [3.8, 4) is 0 Å². The summed E-state index contributed by atoms with van der Waals surface area (Å²) in [5.74, 6) is 1.13. The molecule has 0 aliphatic rings. The Bertz CT molecular complexity index is 327. The largest absolute Gasteiger partial charge is 0.469 e. The number of ether oxygens (including phenoxy) is 1. The van der Waals surface area contributed by atoms with Crippen molar-refractivity contribution < 1.29 is 14.6 Å². The zero-order valence-corrected chi connectivity index (χ0v) is 10.8. The molecule has 1 aromatic carbocycles. The lowest BCUT2D eigenvalue weighted by Crippen LogP contribution is -2.16. The van der Waals surface area contributed by atoms with E-state index in [1.54, 1.807) is 11.8 Å². The second-order valence-electron chi connectivity index (χ2n) is 3.64. The van der Waals surface area contributed by atoms with Gasteiger partial charge in [-0.15, -0.1) is 0 Å². The van der Waals surface area contributed by atoms with Gasteiger partial charge in [-0.1, -0.05) is 30.3 Å². The number of hydrogen-bond acceptors (Lipinski definition) is 4. The summed E-state index contributed by atoms with van der Waals surface area (Å²) >= 11 is 1.66. The van der Waals surface area contributed by atoms with Crippen molar-refractivity contribution in [2.45, 2.75) is 12.3 Å². The number of methoxy groups -OCH3 is 1. The van der Waals surface area contributed by atoms with Gasteiger partial charge in [0.1, 0.15) is 0 Å². The highest BCUT2D eigenvalue weighted by Gasteiger charge is 2.20. The highest BCUT2D eigenvalue weighted by atomic mass is 32.2. The molecule has 0 saturated heterocycles. The normalized spacial score (nSPS) is 12.1. The lowest BCUT2D eigenvalue weighted by atomic mass is 10.0. The first-order valence-electron chi connectivity index (χ1n) is 5.61. The summed E-state index contributed by atoms with van der Waals surface area (Å²) in [6.07, 6.45) is 0.757. The molecule has 1 aromatic rings. The molecular weight excluding hydrogens is 236 g/mol. The molecule has 17 heavy (non-hydrogen) atoms. The van der Waals surface area contributed by atoms with Crippen molar-refractivity contribution in [3.63, 3.8) is 0 Å². The van der Waals surface area contributed by atoms with Gasteiger partial charge in [-0.25, -0.2) is 0 Å². The predicted octanol–water partition coefficient (Wildman–Crippen LogP) is 2.06. The number of aliphatic hydroxyl groups is 1. The number of esters is 1. The van der Waals surface area contributed by atoms with E-state index in [1.165, 1.54) is 7.11 Å². The van der Waals surface area contributed by atoms with Crippen LogP contribution in [0.5, 0.6) is 0 Å². The third kappa shape index (κ3) is 4.79. The maximum atomic E-state index is 11.7. The van der Waals surface area contributed by atoms with Crippen LogP contribution in [-0.2, 0) is 9.53 Å². The number of rotatable bonds is 7. The van der Waals surface area contributed by atoms with Crippen LogP contribution in [0.1, 0.15) is 17.9 Å². The number of hydrogen-bond donors (Lipinski definition) is 1. The highest BCUT2D eigenvalue weighted by molar-refractivity contribution is 7.99. The van der Waals surface area contributed by atoms with Crippen molar-refractivity contribution >= 4 is 17.7 Å². The molecule has 0 fully saturated rings. The third-order valence-corrected chi connectivity index (χ3v) is 3.57. The Morgan fingerprint density at radius 3 is 2.71 bits per heavy atom. The highest BCUT2D eigenvalue weighted by Crippen LogP contribution is 2.22. The monoisotopic (exact) mass is 254 g/mol. The van der Waals surface area contributed by atoms with Crippen LogP contribution >= 0.6 is 11.8 Å². The van der Waals surface area contributed by atoms with Gasteiger partial charge in [0.05, 0.1) is 13.0 Å². The number of thioether (sulfide) groups is 1. The van der Waals surface area contributed by atoms with Gasteiger partial charge < -0.3 is 9.84 Å². The first-order chi connectivity index (χ1) is 8.29. The van der Waals surface area contributed by atoms with E-state index in [-0.39, 0.29) is 18.5 Å². The van der Waals surface area contributed by atoms with E-state index in [0.29, 0.717) is 5.75 Å². The number of aliphatic hydroxyl groups excluding tert-OH is 1. The molecule has 1 unspecified atom stereocenters. The van der Waals surface area contributed by atoms with Crippen LogP contribution in [0.3, 0.4) is 0 Å².